The number of hydrogen-bond acceptors (Lipinski definition) is 3. The lowest BCUT2D eigenvalue weighted by molar-refractivity contribution is -0.982. The third-order valence-corrected chi connectivity index (χ3v) is 6.72. The molecule has 2 saturated carbocycles. The van der Waals surface area contributed by atoms with Gasteiger partial charge in [0.2, 0.25) is 0 Å². The van der Waals surface area contributed by atoms with Gasteiger partial charge in [-0.25, -0.2) is 4.90 Å². The molecule has 0 amide bonds. The molecule has 1 spiro atoms. The first-order chi connectivity index (χ1) is 8.89. The predicted molar refractivity (Wildman–Crippen MR) is 65.9 cm³/mol. The Kier molecular flexibility index (Phi) is 1.94. The van der Waals surface area contributed by atoms with E-state index in [1.54, 1.807) is 0 Å². The molecule has 6 rings (SSSR count). The standard InChI is InChI=1S/C14H23N2O2/c1-5-17-6-2-15(1)14-12-9-11(10-13(12)14)16(14)3-7-18-8-4-16/h11-13H,1-10H2/q+1. The lowest BCUT2D eigenvalue weighted by Crippen LogP contribution is -2.68. The fourth-order valence-corrected chi connectivity index (χ4v) is 6.28. The molecule has 18 heavy (non-hydrogen) atoms. The van der Waals surface area contributed by atoms with Gasteiger partial charge >= 0.3 is 0 Å². The van der Waals surface area contributed by atoms with Gasteiger partial charge in [-0.3, -0.25) is 4.48 Å². The van der Waals surface area contributed by atoms with Crippen LogP contribution in [0.1, 0.15) is 12.8 Å². The molecule has 6 fully saturated rings. The number of quaternary nitrogens is 1. The Morgan fingerprint density at radius 2 is 1.50 bits per heavy atom. The van der Waals surface area contributed by atoms with Crippen molar-refractivity contribution in [1.29, 1.82) is 0 Å². The zero-order chi connectivity index (χ0) is 11.8. The first kappa shape index (κ1) is 10.6. The Morgan fingerprint density at radius 1 is 0.889 bits per heavy atom. The summed E-state index contributed by atoms with van der Waals surface area (Å²) in [5.41, 5.74) is 0.540. The van der Waals surface area contributed by atoms with E-state index in [9.17, 15) is 0 Å². The van der Waals surface area contributed by atoms with E-state index < -0.39 is 0 Å². The molecule has 0 N–H and O–H groups in total. The highest BCUT2D eigenvalue weighted by atomic mass is 16.5. The second-order valence-corrected chi connectivity index (χ2v) is 6.81. The second-order valence-electron chi connectivity index (χ2n) is 6.81. The molecule has 4 saturated heterocycles. The zero-order valence-electron chi connectivity index (χ0n) is 11.0. The van der Waals surface area contributed by atoms with Gasteiger partial charge in [0.25, 0.3) is 0 Å². The Labute approximate surface area is 108 Å². The monoisotopic (exact) mass is 251 g/mol. The van der Waals surface area contributed by atoms with Gasteiger partial charge < -0.3 is 9.47 Å². The highest BCUT2D eigenvalue weighted by Gasteiger charge is 2.90. The number of morpholine rings is 2. The van der Waals surface area contributed by atoms with Crippen molar-refractivity contribution in [3.8, 4) is 0 Å². The topological polar surface area (TPSA) is 21.7 Å². The predicted octanol–water partition coefficient (Wildman–Crippen LogP) is 0.284. The number of ether oxygens (including phenoxy) is 2. The van der Waals surface area contributed by atoms with Crippen molar-refractivity contribution in [3.63, 3.8) is 0 Å². The van der Waals surface area contributed by atoms with Crippen LogP contribution in [0.15, 0.2) is 0 Å². The summed E-state index contributed by atoms with van der Waals surface area (Å²) in [5, 5.41) is 0. The largest absolute Gasteiger partial charge is 0.379 e. The van der Waals surface area contributed by atoms with Crippen LogP contribution in [-0.2, 0) is 9.47 Å². The van der Waals surface area contributed by atoms with Crippen LogP contribution in [0.25, 0.3) is 0 Å². The van der Waals surface area contributed by atoms with E-state index in [2.05, 4.69) is 4.90 Å². The average molecular weight is 251 g/mol. The maximum atomic E-state index is 5.66. The summed E-state index contributed by atoms with van der Waals surface area (Å²) >= 11 is 0. The summed E-state index contributed by atoms with van der Waals surface area (Å²) in [7, 11) is 0. The van der Waals surface area contributed by atoms with Gasteiger partial charge in [-0.05, 0) is 0 Å². The van der Waals surface area contributed by atoms with Gasteiger partial charge in [-0.15, -0.1) is 0 Å². The number of piperidine rings is 2. The van der Waals surface area contributed by atoms with E-state index in [4.69, 9.17) is 9.47 Å². The molecule has 6 aliphatic rings. The van der Waals surface area contributed by atoms with E-state index >= 15 is 0 Å². The molecule has 0 aromatic rings. The highest BCUT2D eigenvalue weighted by molar-refractivity contribution is 5.24. The summed E-state index contributed by atoms with van der Waals surface area (Å²) in [6, 6.07) is 0.965. The SMILES string of the molecule is C1CN(C23C4CC(CC42)[N+]32CCOCC2)CCO1. The van der Waals surface area contributed by atoms with Crippen molar-refractivity contribution in [1.82, 2.24) is 4.90 Å². The minimum atomic E-state index is 0.540. The molecule has 4 bridgehead atoms. The number of rotatable bonds is 1. The van der Waals surface area contributed by atoms with Gasteiger partial charge in [0.15, 0.2) is 5.66 Å². The molecule has 4 nitrogen and oxygen atoms in total. The average Bonchev–Trinajstić information content (AvgIpc) is 2.75. The van der Waals surface area contributed by atoms with Crippen LogP contribution in [-0.4, -0.2) is 73.7 Å². The first-order valence-corrected chi connectivity index (χ1v) is 7.67. The quantitative estimate of drug-likeness (QED) is 0.625. The second kappa shape index (κ2) is 3.29. The minimum Gasteiger partial charge on any atom is -0.379 e. The molecule has 100 valence electrons. The van der Waals surface area contributed by atoms with Crippen molar-refractivity contribution >= 4 is 0 Å². The van der Waals surface area contributed by atoms with Crippen LogP contribution in [0.2, 0.25) is 0 Å². The van der Waals surface area contributed by atoms with Gasteiger partial charge in [-0.1, -0.05) is 0 Å². The number of nitrogens with zero attached hydrogens (tertiary/aromatic N) is 2. The van der Waals surface area contributed by atoms with Gasteiger partial charge in [-0.2, -0.15) is 0 Å². The molecular weight excluding hydrogens is 228 g/mol. The first-order valence-electron chi connectivity index (χ1n) is 7.67. The Balaban J connectivity index is 1.55. The van der Waals surface area contributed by atoms with Crippen LogP contribution < -0.4 is 0 Å². The fourth-order valence-electron chi connectivity index (χ4n) is 6.28. The van der Waals surface area contributed by atoms with Crippen LogP contribution in [0.5, 0.6) is 0 Å². The van der Waals surface area contributed by atoms with Gasteiger partial charge in [0.05, 0.1) is 32.5 Å². The summed E-state index contributed by atoms with van der Waals surface area (Å²) in [4.78, 5) is 2.82. The van der Waals surface area contributed by atoms with E-state index in [0.29, 0.717) is 5.66 Å². The Morgan fingerprint density at radius 3 is 2.17 bits per heavy atom. The third-order valence-electron chi connectivity index (χ3n) is 6.72. The normalized spacial score (nSPS) is 53.0. The summed E-state index contributed by atoms with van der Waals surface area (Å²) in [5.74, 6) is 2.03. The molecule has 2 atom stereocenters. The lowest BCUT2D eigenvalue weighted by Gasteiger charge is -2.50. The molecule has 4 heteroatoms. The van der Waals surface area contributed by atoms with Crippen LogP contribution in [0.4, 0.5) is 0 Å². The maximum Gasteiger partial charge on any atom is 0.163 e. The maximum absolute atomic E-state index is 5.66. The third kappa shape index (κ3) is 0.942. The molecule has 0 aromatic carbocycles. The van der Waals surface area contributed by atoms with Crippen LogP contribution in [0, 0.1) is 11.8 Å². The van der Waals surface area contributed by atoms with E-state index in [1.165, 1.54) is 43.5 Å². The zero-order valence-corrected chi connectivity index (χ0v) is 11.0. The smallest absolute Gasteiger partial charge is 0.163 e. The van der Waals surface area contributed by atoms with Crippen molar-refractivity contribution in [2.45, 2.75) is 24.5 Å². The summed E-state index contributed by atoms with van der Waals surface area (Å²) in [6.45, 7) is 8.75. The fraction of sp³-hybridized carbons (Fsp3) is 1.00. The molecule has 2 aliphatic carbocycles. The summed E-state index contributed by atoms with van der Waals surface area (Å²) in [6.07, 6.45) is 3.00. The van der Waals surface area contributed by atoms with Crippen molar-refractivity contribution in [2.24, 2.45) is 11.8 Å². The Bertz CT molecular complexity index is 362. The summed E-state index contributed by atoms with van der Waals surface area (Å²) < 4.78 is 12.6. The Hall–Kier alpha value is -0.160. The molecular formula is C14H23N2O2+. The van der Waals surface area contributed by atoms with E-state index in [0.717, 1.165) is 44.3 Å². The van der Waals surface area contributed by atoms with Crippen LogP contribution >= 0.6 is 0 Å². The molecule has 2 unspecified atom stereocenters. The highest BCUT2D eigenvalue weighted by Crippen LogP contribution is 2.76. The van der Waals surface area contributed by atoms with Crippen molar-refractivity contribution in [3.05, 3.63) is 0 Å². The van der Waals surface area contributed by atoms with Gasteiger partial charge in [0, 0.05) is 37.8 Å². The molecule has 0 aromatic heterocycles. The van der Waals surface area contributed by atoms with E-state index in [-0.39, 0.29) is 0 Å². The lowest BCUT2D eigenvalue weighted by atomic mass is 10.2. The van der Waals surface area contributed by atoms with Gasteiger partial charge in [0.1, 0.15) is 13.1 Å². The molecule has 0 radical (unpaired) electrons. The molecule has 4 aliphatic heterocycles. The van der Waals surface area contributed by atoms with E-state index in [1.807, 2.05) is 0 Å². The molecule has 4 heterocycles. The van der Waals surface area contributed by atoms with Crippen molar-refractivity contribution < 1.29 is 14.0 Å². The minimum absolute atomic E-state index is 0.540. The van der Waals surface area contributed by atoms with Crippen LogP contribution in [0.3, 0.4) is 0 Å². The van der Waals surface area contributed by atoms with Crippen molar-refractivity contribution in [2.75, 3.05) is 52.6 Å². The number of hydrogen-bond donors (Lipinski definition) is 0.